The fourth-order valence-corrected chi connectivity index (χ4v) is 3.32. The zero-order valence-corrected chi connectivity index (χ0v) is 17.3. The van der Waals surface area contributed by atoms with E-state index in [1.165, 1.54) is 11.1 Å². The number of nitrogens with zero attached hydrogens (tertiary/aromatic N) is 4. The van der Waals surface area contributed by atoms with Crippen molar-refractivity contribution in [1.82, 2.24) is 19.7 Å². The highest BCUT2D eigenvalue weighted by Gasteiger charge is 2.15. The molecule has 4 aromatic rings. The molecule has 0 fully saturated rings. The predicted molar refractivity (Wildman–Crippen MR) is 119 cm³/mol. The quantitative estimate of drug-likeness (QED) is 0.474. The van der Waals surface area contributed by atoms with Crippen LogP contribution in [-0.2, 0) is 0 Å². The van der Waals surface area contributed by atoms with Gasteiger partial charge in [-0.25, -0.2) is 4.68 Å². The molecule has 0 radical (unpaired) electrons. The molecular weight excluding hydrogens is 360 g/mol. The highest BCUT2D eigenvalue weighted by atomic mass is 15.3. The fraction of sp³-hybridized carbons (Fsp3) is 0.261. The summed E-state index contributed by atoms with van der Waals surface area (Å²) in [6.07, 6.45) is 1.82. The first-order chi connectivity index (χ1) is 14.0. The molecule has 6 heteroatoms. The molecule has 0 aliphatic rings. The van der Waals surface area contributed by atoms with E-state index in [9.17, 15) is 0 Å². The Labute approximate surface area is 171 Å². The molecule has 0 spiro atoms. The number of rotatable bonds is 6. The van der Waals surface area contributed by atoms with Crippen LogP contribution in [0.2, 0.25) is 0 Å². The first kappa shape index (κ1) is 18.9. The van der Waals surface area contributed by atoms with Crippen molar-refractivity contribution >= 4 is 28.5 Å². The molecular formula is C23H26N6. The maximum Gasteiger partial charge on any atom is 0.226 e. The van der Waals surface area contributed by atoms with Gasteiger partial charge in [0.05, 0.1) is 17.3 Å². The fourth-order valence-electron chi connectivity index (χ4n) is 3.32. The van der Waals surface area contributed by atoms with Gasteiger partial charge in [0.1, 0.15) is 5.82 Å². The van der Waals surface area contributed by atoms with Crippen molar-refractivity contribution in [1.29, 1.82) is 0 Å². The number of anilines is 3. The van der Waals surface area contributed by atoms with Gasteiger partial charge in [0.2, 0.25) is 5.95 Å². The van der Waals surface area contributed by atoms with Gasteiger partial charge in [-0.2, -0.15) is 15.1 Å². The van der Waals surface area contributed by atoms with Crippen molar-refractivity contribution in [3.8, 4) is 5.69 Å². The van der Waals surface area contributed by atoms with Crippen molar-refractivity contribution in [2.45, 2.75) is 27.7 Å². The monoisotopic (exact) mass is 386 g/mol. The first-order valence-electron chi connectivity index (χ1n) is 9.90. The summed E-state index contributed by atoms with van der Waals surface area (Å²) in [5.74, 6) is 1.83. The van der Waals surface area contributed by atoms with Crippen molar-refractivity contribution in [3.63, 3.8) is 0 Å². The normalized spacial score (nSPS) is 11.2. The molecule has 0 aliphatic carbocycles. The Bertz CT molecular complexity index is 1110. The van der Waals surface area contributed by atoms with Gasteiger partial charge < -0.3 is 10.6 Å². The molecule has 0 saturated carbocycles. The Balaban J connectivity index is 1.82. The van der Waals surface area contributed by atoms with Gasteiger partial charge >= 0.3 is 0 Å². The van der Waals surface area contributed by atoms with Gasteiger partial charge in [-0.3, -0.25) is 0 Å². The summed E-state index contributed by atoms with van der Waals surface area (Å²) in [6.45, 7) is 9.31. The predicted octanol–water partition coefficient (Wildman–Crippen LogP) is 5.24. The molecule has 0 saturated heterocycles. The van der Waals surface area contributed by atoms with E-state index in [2.05, 4.69) is 61.6 Å². The molecule has 2 aromatic heterocycles. The number of hydrogen-bond acceptors (Lipinski definition) is 5. The molecule has 0 unspecified atom stereocenters. The molecule has 0 amide bonds. The molecule has 2 heterocycles. The number of fused-ring (bicyclic) bond motifs is 1. The van der Waals surface area contributed by atoms with Gasteiger partial charge in [0.25, 0.3) is 0 Å². The maximum atomic E-state index is 4.76. The Morgan fingerprint density at radius 1 is 0.966 bits per heavy atom. The third kappa shape index (κ3) is 4.21. The van der Waals surface area contributed by atoms with E-state index < -0.39 is 0 Å². The lowest BCUT2D eigenvalue weighted by Gasteiger charge is -2.13. The molecule has 6 nitrogen and oxygen atoms in total. The van der Waals surface area contributed by atoms with Gasteiger partial charge in [0.15, 0.2) is 5.65 Å². The van der Waals surface area contributed by atoms with Crippen molar-refractivity contribution in [3.05, 3.63) is 65.9 Å². The van der Waals surface area contributed by atoms with Gasteiger partial charge in [-0.1, -0.05) is 38.1 Å². The van der Waals surface area contributed by atoms with Crippen molar-refractivity contribution in [2.75, 3.05) is 17.2 Å². The van der Waals surface area contributed by atoms with Gasteiger partial charge in [0, 0.05) is 12.2 Å². The third-order valence-corrected chi connectivity index (χ3v) is 4.58. The minimum absolute atomic E-state index is 0.490. The molecule has 29 heavy (non-hydrogen) atoms. The van der Waals surface area contributed by atoms with E-state index in [0.717, 1.165) is 34.8 Å². The minimum Gasteiger partial charge on any atom is -0.354 e. The van der Waals surface area contributed by atoms with Crippen molar-refractivity contribution in [2.24, 2.45) is 5.92 Å². The summed E-state index contributed by atoms with van der Waals surface area (Å²) in [5.41, 5.74) is 5.15. The van der Waals surface area contributed by atoms with Gasteiger partial charge in [-0.05, 0) is 55.2 Å². The first-order valence-corrected chi connectivity index (χ1v) is 9.90. The largest absolute Gasteiger partial charge is 0.354 e. The van der Waals surface area contributed by atoms with E-state index in [1.54, 1.807) is 0 Å². The minimum atomic E-state index is 0.490. The summed E-state index contributed by atoms with van der Waals surface area (Å²) in [7, 11) is 0. The SMILES string of the molecule is Cc1cc(C)cc(Nc2nc(NCC(C)C)nc3c2cnn3-c2ccccc2)c1. The lowest BCUT2D eigenvalue weighted by Crippen LogP contribution is -2.12. The van der Waals surface area contributed by atoms with Crippen LogP contribution in [0.4, 0.5) is 17.5 Å². The number of aryl methyl sites for hydroxylation is 2. The molecule has 0 aliphatic heterocycles. The summed E-state index contributed by atoms with van der Waals surface area (Å²) < 4.78 is 1.85. The number of benzene rings is 2. The van der Waals surface area contributed by atoms with E-state index in [4.69, 9.17) is 9.97 Å². The number of nitrogens with one attached hydrogen (secondary N) is 2. The van der Waals surface area contributed by atoms with Crippen LogP contribution in [-0.4, -0.2) is 26.3 Å². The van der Waals surface area contributed by atoms with Crippen LogP contribution in [0.15, 0.2) is 54.7 Å². The summed E-state index contributed by atoms with van der Waals surface area (Å²) in [4.78, 5) is 9.51. The second-order valence-corrected chi connectivity index (χ2v) is 7.80. The topological polar surface area (TPSA) is 67.7 Å². The van der Waals surface area contributed by atoms with Crippen LogP contribution in [0.25, 0.3) is 16.7 Å². The average molecular weight is 387 g/mol. The van der Waals surface area contributed by atoms with Crippen LogP contribution < -0.4 is 10.6 Å². The zero-order chi connectivity index (χ0) is 20.4. The van der Waals surface area contributed by atoms with E-state index >= 15 is 0 Å². The third-order valence-electron chi connectivity index (χ3n) is 4.58. The highest BCUT2D eigenvalue weighted by Crippen LogP contribution is 2.27. The number of para-hydroxylation sites is 1. The van der Waals surface area contributed by atoms with Crippen LogP contribution in [0, 0.1) is 19.8 Å². The Hall–Kier alpha value is -3.41. The number of aromatic nitrogens is 4. The molecule has 2 aromatic carbocycles. The molecule has 0 atom stereocenters. The van der Waals surface area contributed by atoms with E-state index in [-0.39, 0.29) is 0 Å². The van der Waals surface area contributed by atoms with E-state index in [1.807, 2.05) is 41.2 Å². The molecule has 4 rings (SSSR count). The maximum absolute atomic E-state index is 4.76. The zero-order valence-electron chi connectivity index (χ0n) is 17.3. The average Bonchev–Trinajstić information content (AvgIpc) is 3.10. The van der Waals surface area contributed by atoms with E-state index in [0.29, 0.717) is 11.9 Å². The summed E-state index contributed by atoms with van der Waals surface area (Å²) in [5, 5.41) is 12.3. The number of hydrogen-bond donors (Lipinski definition) is 2. The second-order valence-electron chi connectivity index (χ2n) is 7.80. The summed E-state index contributed by atoms with van der Waals surface area (Å²) in [6, 6.07) is 16.4. The van der Waals surface area contributed by atoms with Crippen LogP contribution in [0.1, 0.15) is 25.0 Å². The van der Waals surface area contributed by atoms with Crippen molar-refractivity contribution < 1.29 is 0 Å². The molecule has 148 valence electrons. The lowest BCUT2D eigenvalue weighted by atomic mass is 10.1. The second kappa shape index (κ2) is 7.91. The standard InChI is InChI=1S/C23H26N6/c1-15(2)13-24-23-27-21(26-18-11-16(3)10-17(4)12-18)20-14-25-29(22(20)28-23)19-8-6-5-7-9-19/h5-12,14-15H,13H2,1-4H3,(H2,24,26,27,28). The smallest absolute Gasteiger partial charge is 0.226 e. The molecule has 2 N–H and O–H groups in total. The Kier molecular flexibility index (Phi) is 5.16. The van der Waals surface area contributed by atoms with Crippen LogP contribution in [0.5, 0.6) is 0 Å². The van der Waals surface area contributed by atoms with Crippen LogP contribution >= 0.6 is 0 Å². The molecule has 0 bridgehead atoms. The van der Waals surface area contributed by atoms with Gasteiger partial charge in [-0.15, -0.1) is 0 Å². The highest BCUT2D eigenvalue weighted by molar-refractivity contribution is 5.90. The Morgan fingerprint density at radius 2 is 1.69 bits per heavy atom. The lowest BCUT2D eigenvalue weighted by molar-refractivity contribution is 0.685. The summed E-state index contributed by atoms with van der Waals surface area (Å²) >= 11 is 0. The van der Waals surface area contributed by atoms with Crippen LogP contribution in [0.3, 0.4) is 0 Å². The Morgan fingerprint density at radius 3 is 2.38 bits per heavy atom.